The van der Waals surface area contributed by atoms with E-state index in [0.717, 1.165) is 0 Å². The van der Waals surface area contributed by atoms with Crippen molar-refractivity contribution in [3.05, 3.63) is 18.2 Å². The number of nitrogens with zero attached hydrogens (tertiary/aromatic N) is 2. The number of hydrogen-bond acceptors (Lipinski definition) is 5. The summed E-state index contributed by atoms with van der Waals surface area (Å²) in [7, 11) is 5.44. The Balaban J connectivity index is 2.54. The highest BCUT2D eigenvalue weighted by Gasteiger charge is 2.21. The maximum atomic E-state index is 10.1. The van der Waals surface area contributed by atoms with Gasteiger partial charge in [-0.2, -0.15) is 4.98 Å². The van der Waals surface area contributed by atoms with Crippen molar-refractivity contribution in [2.24, 2.45) is 0 Å². The molecule has 0 saturated heterocycles. The van der Waals surface area contributed by atoms with Crippen LogP contribution in [0.15, 0.2) is 18.2 Å². The van der Waals surface area contributed by atoms with Gasteiger partial charge in [0.15, 0.2) is 0 Å². The average molecular weight is 239 g/mol. The quantitative estimate of drug-likeness (QED) is 0.769. The van der Waals surface area contributed by atoms with Crippen molar-refractivity contribution in [2.75, 3.05) is 39.6 Å². The van der Waals surface area contributed by atoms with E-state index in [1.165, 1.54) is 0 Å². The number of hydrogen-bond donors (Lipinski definition) is 2. The van der Waals surface area contributed by atoms with Gasteiger partial charge in [0.25, 0.3) is 0 Å². The van der Waals surface area contributed by atoms with E-state index < -0.39 is 5.60 Å². The lowest BCUT2D eigenvalue weighted by Crippen LogP contribution is -2.43. The van der Waals surface area contributed by atoms with Crippen LogP contribution in [0.25, 0.3) is 0 Å². The number of aliphatic hydroxyl groups is 1. The van der Waals surface area contributed by atoms with E-state index in [0.29, 0.717) is 24.8 Å². The van der Waals surface area contributed by atoms with Gasteiger partial charge in [0, 0.05) is 19.2 Å². The first-order valence-corrected chi connectivity index (χ1v) is 5.55. The molecule has 0 aliphatic rings. The Kier molecular flexibility index (Phi) is 4.72. The molecule has 0 aliphatic carbocycles. The summed E-state index contributed by atoms with van der Waals surface area (Å²) in [5, 5.41) is 13.2. The molecule has 0 aliphatic heterocycles. The van der Waals surface area contributed by atoms with E-state index in [1.807, 2.05) is 31.1 Å². The van der Waals surface area contributed by atoms with Crippen LogP contribution in [0.5, 0.6) is 5.88 Å². The molecule has 0 bridgehead atoms. The van der Waals surface area contributed by atoms with Crippen LogP contribution in [-0.4, -0.2) is 54.9 Å². The molecule has 1 heterocycles. The number of methoxy groups -OCH3 is 1. The van der Waals surface area contributed by atoms with Crippen LogP contribution in [0.3, 0.4) is 0 Å². The number of rotatable bonds is 6. The maximum Gasteiger partial charge on any atom is 0.214 e. The van der Waals surface area contributed by atoms with Crippen LogP contribution in [-0.2, 0) is 0 Å². The molecule has 17 heavy (non-hydrogen) atoms. The molecule has 5 nitrogen and oxygen atoms in total. The summed E-state index contributed by atoms with van der Waals surface area (Å²) < 4.78 is 5.03. The lowest BCUT2D eigenvalue weighted by atomic mass is 10.1. The molecule has 0 aromatic carbocycles. The zero-order valence-electron chi connectivity index (χ0n) is 10.9. The van der Waals surface area contributed by atoms with Crippen molar-refractivity contribution in [3.8, 4) is 5.88 Å². The van der Waals surface area contributed by atoms with Gasteiger partial charge in [-0.1, -0.05) is 6.07 Å². The molecule has 5 heteroatoms. The normalized spacial score (nSPS) is 14.5. The van der Waals surface area contributed by atoms with Gasteiger partial charge in [0.05, 0.1) is 12.7 Å². The van der Waals surface area contributed by atoms with E-state index in [-0.39, 0.29) is 0 Å². The highest BCUT2D eigenvalue weighted by molar-refractivity contribution is 5.37. The summed E-state index contributed by atoms with van der Waals surface area (Å²) in [6, 6.07) is 5.48. The molecule has 1 rings (SSSR count). The fraction of sp³-hybridized carbons (Fsp3) is 0.583. The van der Waals surface area contributed by atoms with Gasteiger partial charge in [-0.3, -0.25) is 0 Å². The molecule has 96 valence electrons. The first kappa shape index (κ1) is 13.7. The minimum Gasteiger partial charge on any atom is -0.481 e. The molecule has 2 N–H and O–H groups in total. The number of likely N-dealkylation sites (N-methyl/N-ethyl adjacent to an activating group) is 1. The SMILES string of the molecule is COc1cccc(NCC(C)(O)CN(C)C)n1. The lowest BCUT2D eigenvalue weighted by molar-refractivity contribution is 0.0459. The molecule has 0 fully saturated rings. The second kappa shape index (κ2) is 5.84. The van der Waals surface area contributed by atoms with Gasteiger partial charge in [0.2, 0.25) is 5.88 Å². The third-order valence-electron chi connectivity index (χ3n) is 2.24. The van der Waals surface area contributed by atoms with Gasteiger partial charge >= 0.3 is 0 Å². The first-order valence-electron chi connectivity index (χ1n) is 5.55. The molecule has 0 radical (unpaired) electrons. The summed E-state index contributed by atoms with van der Waals surface area (Å²) >= 11 is 0. The first-order chi connectivity index (χ1) is 7.93. The largest absolute Gasteiger partial charge is 0.481 e. The summed E-state index contributed by atoms with van der Waals surface area (Å²) in [5.74, 6) is 1.26. The topological polar surface area (TPSA) is 57.6 Å². The van der Waals surface area contributed by atoms with Crippen molar-refractivity contribution in [2.45, 2.75) is 12.5 Å². The van der Waals surface area contributed by atoms with Crippen LogP contribution in [0, 0.1) is 0 Å². The van der Waals surface area contributed by atoms with E-state index in [4.69, 9.17) is 4.74 Å². The van der Waals surface area contributed by atoms with E-state index >= 15 is 0 Å². The Morgan fingerprint density at radius 3 is 2.76 bits per heavy atom. The molecule has 1 unspecified atom stereocenters. The highest BCUT2D eigenvalue weighted by Crippen LogP contribution is 2.12. The predicted octanol–water partition coefficient (Wildman–Crippen LogP) is 0.815. The highest BCUT2D eigenvalue weighted by atomic mass is 16.5. The third kappa shape index (κ3) is 5.01. The molecule has 0 saturated carbocycles. The Labute approximate surface area is 102 Å². The van der Waals surface area contributed by atoms with Crippen LogP contribution in [0.1, 0.15) is 6.92 Å². The van der Waals surface area contributed by atoms with E-state index in [9.17, 15) is 5.11 Å². The van der Waals surface area contributed by atoms with Gasteiger partial charge in [0.1, 0.15) is 5.82 Å². The zero-order chi connectivity index (χ0) is 12.9. The van der Waals surface area contributed by atoms with Crippen LogP contribution < -0.4 is 10.1 Å². The Morgan fingerprint density at radius 1 is 1.47 bits per heavy atom. The lowest BCUT2D eigenvalue weighted by Gasteiger charge is -2.27. The fourth-order valence-corrected chi connectivity index (χ4v) is 1.65. The molecule has 0 spiro atoms. The number of nitrogens with one attached hydrogen (secondary N) is 1. The standard InChI is InChI=1S/C12H21N3O2/c1-12(16,9-15(2)3)8-13-10-6-5-7-11(14-10)17-4/h5-7,16H,8-9H2,1-4H3,(H,13,14). The molecule has 1 atom stereocenters. The summed E-state index contributed by atoms with van der Waals surface area (Å²) in [6.07, 6.45) is 0. The van der Waals surface area contributed by atoms with E-state index in [1.54, 1.807) is 20.1 Å². The zero-order valence-corrected chi connectivity index (χ0v) is 10.9. The molecule has 1 aromatic heterocycles. The third-order valence-corrected chi connectivity index (χ3v) is 2.24. The monoisotopic (exact) mass is 239 g/mol. The Morgan fingerprint density at radius 2 is 2.18 bits per heavy atom. The molecular weight excluding hydrogens is 218 g/mol. The molecular formula is C12H21N3O2. The smallest absolute Gasteiger partial charge is 0.214 e. The Bertz CT molecular complexity index is 353. The number of aromatic nitrogens is 1. The second-order valence-corrected chi connectivity index (χ2v) is 4.65. The average Bonchev–Trinajstić information content (AvgIpc) is 2.25. The van der Waals surface area contributed by atoms with Crippen molar-refractivity contribution >= 4 is 5.82 Å². The van der Waals surface area contributed by atoms with Gasteiger partial charge in [-0.15, -0.1) is 0 Å². The Hall–Kier alpha value is -1.33. The summed E-state index contributed by atoms with van der Waals surface area (Å²) in [5.41, 5.74) is -0.797. The molecule has 1 aromatic rings. The number of anilines is 1. The minimum absolute atomic E-state index is 0.436. The number of pyridine rings is 1. The fourth-order valence-electron chi connectivity index (χ4n) is 1.65. The predicted molar refractivity (Wildman–Crippen MR) is 68.5 cm³/mol. The van der Waals surface area contributed by atoms with Gasteiger partial charge in [-0.05, 0) is 27.1 Å². The summed E-state index contributed by atoms with van der Waals surface area (Å²) in [6.45, 7) is 2.81. The maximum absolute atomic E-state index is 10.1. The van der Waals surface area contributed by atoms with Crippen molar-refractivity contribution in [1.29, 1.82) is 0 Å². The van der Waals surface area contributed by atoms with Gasteiger partial charge in [-0.25, -0.2) is 0 Å². The summed E-state index contributed by atoms with van der Waals surface area (Å²) in [4.78, 5) is 6.16. The van der Waals surface area contributed by atoms with Crippen LogP contribution in [0.2, 0.25) is 0 Å². The minimum atomic E-state index is -0.797. The van der Waals surface area contributed by atoms with Crippen molar-refractivity contribution in [3.63, 3.8) is 0 Å². The van der Waals surface area contributed by atoms with Crippen LogP contribution >= 0.6 is 0 Å². The second-order valence-electron chi connectivity index (χ2n) is 4.65. The van der Waals surface area contributed by atoms with Crippen LogP contribution in [0.4, 0.5) is 5.82 Å². The van der Waals surface area contributed by atoms with Crippen molar-refractivity contribution < 1.29 is 9.84 Å². The van der Waals surface area contributed by atoms with Crippen molar-refractivity contribution in [1.82, 2.24) is 9.88 Å². The molecule has 0 amide bonds. The number of ether oxygens (including phenoxy) is 1. The van der Waals surface area contributed by atoms with Gasteiger partial charge < -0.3 is 20.1 Å². The van der Waals surface area contributed by atoms with E-state index in [2.05, 4.69) is 10.3 Å².